The number of thiazole rings is 1. The number of nitrogens with zero attached hydrogens (tertiary/aromatic N) is 1. The molecule has 1 aliphatic rings. The molecule has 0 fully saturated rings. The molecule has 1 aliphatic heterocycles. The molecule has 0 radical (unpaired) electrons. The van der Waals surface area contributed by atoms with E-state index in [1.807, 2.05) is 18.2 Å². The van der Waals surface area contributed by atoms with Gasteiger partial charge in [-0.3, -0.25) is 0 Å². The number of rotatable bonds is 4. The summed E-state index contributed by atoms with van der Waals surface area (Å²) in [6.45, 7) is 2.47. The third-order valence-electron chi connectivity index (χ3n) is 3.81. The summed E-state index contributed by atoms with van der Waals surface area (Å²) in [5.41, 5.74) is 2.67. The van der Waals surface area contributed by atoms with Crippen molar-refractivity contribution in [2.24, 2.45) is 0 Å². The minimum Gasteiger partial charge on any atom is -0.478 e. The van der Waals surface area contributed by atoms with Gasteiger partial charge >= 0.3 is 5.97 Å². The highest BCUT2D eigenvalue weighted by Gasteiger charge is 2.35. The van der Waals surface area contributed by atoms with Gasteiger partial charge in [0.05, 0.1) is 18.2 Å². The van der Waals surface area contributed by atoms with Gasteiger partial charge < -0.3 is 14.6 Å². The number of hydrogen-bond donors (Lipinski definition) is 1. The van der Waals surface area contributed by atoms with Crippen molar-refractivity contribution in [3.63, 3.8) is 0 Å². The smallest absolute Gasteiger partial charge is 0.365 e. The second-order valence-corrected chi connectivity index (χ2v) is 7.14. The molecule has 3 rings (SSSR count). The van der Waals surface area contributed by atoms with E-state index < -0.39 is 5.97 Å². The van der Waals surface area contributed by atoms with E-state index in [1.165, 1.54) is 11.3 Å². The maximum absolute atomic E-state index is 11.4. The second-order valence-electron chi connectivity index (χ2n) is 5.21. The maximum Gasteiger partial charge on any atom is 0.365 e. The summed E-state index contributed by atoms with van der Waals surface area (Å²) in [6.07, 6.45) is 0.813. The molecule has 0 spiro atoms. The van der Waals surface area contributed by atoms with Gasteiger partial charge in [-0.15, -0.1) is 11.3 Å². The van der Waals surface area contributed by atoms with Gasteiger partial charge in [0.25, 0.3) is 0 Å². The van der Waals surface area contributed by atoms with Crippen LogP contribution in [-0.4, -0.2) is 34.8 Å². The normalized spacial score (nSPS) is 19.4. The first kappa shape index (κ1) is 16.4. The highest BCUT2D eigenvalue weighted by molar-refractivity contribution is 9.09. The summed E-state index contributed by atoms with van der Waals surface area (Å²) in [5.74, 6) is -0.423. The van der Waals surface area contributed by atoms with Gasteiger partial charge in [0.1, 0.15) is 5.75 Å². The molecular formula is C16H16BrNO4S. The average Bonchev–Trinajstić information content (AvgIpc) is 2.92. The first-order chi connectivity index (χ1) is 11.1. The zero-order chi connectivity index (χ0) is 16.6. The Balaban J connectivity index is 2.27. The summed E-state index contributed by atoms with van der Waals surface area (Å²) in [5, 5.41) is 9.12. The van der Waals surface area contributed by atoms with Gasteiger partial charge in [-0.25, -0.2) is 9.78 Å². The first-order valence-electron chi connectivity index (χ1n) is 7.22. The summed E-state index contributed by atoms with van der Waals surface area (Å²) in [7, 11) is 1.62. The first-order valence-corrected chi connectivity index (χ1v) is 8.96. The Morgan fingerprint density at radius 3 is 2.96 bits per heavy atom. The molecule has 2 unspecified atom stereocenters. The third kappa shape index (κ3) is 2.88. The monoisotopic (exact) mass is 397 g/mol. The van der Waals surface area contributed by atoms with Crippen LogP contribution in [0.2, 0.25) is 0 Å². The van der Waals surface area contributed by atoms with E-state index in [0.717, 1.165) is 22.4 Å². The van der Waals surface area contributed by atoms with E-state index in [9.17, 15) is 9.90 Å². The lowest BCUT2D eigenvalue weighted by molar-refractivity contribution is 0.0696. The number of ether oxygens (including phenoxy) is 2. The second kappa shape index (κ2) is 6.59. The Labute approximate surface area is 146 Å². The van der Waals surface area contributed by atoms with Crippen molar-refractivity contribution in [3.05, 3.63) is 33.6 Å². The quantitative estimate of drug-likeness (QED) is 0.791. The molecule has 0 aliphatic carbocycles. The summed E-state index contributed by atoms with van der Waals surface area (Å²) in [6, 6.07) is 5.85. The molecular weight excluding hydrogens is 382 g/mol. The largest absolute Gasteiger partial charge is 0.478 e. The van der Waals surface area contributed by atoms with Gasteiger partial charge in [0.15, 0.2) is 5.01 Å². The van der Waals surface area contributed by atoms with Gasteiger partial charge in [-0.1, -0.05) is 19.1 Å². The molecule has 5 nitrogen and oxygen atoms in total. The van der Waals surface area contributed by atoms with Crippen LogP contribution in [0, 0.1) is 0 Å². The van der Waals surface area contributed by atoms with Crippen molar-refractivity contribution >= 4 is 33.2 Å². The lowest BCUT2D eigenvalue weighted by Crippen LogP contribution is -2.21. The molecule has 2 atom stereocenters. The van der Waals surface area contributed by atoms with Gasteiger partial charge in [0, 0.05) is 17.6 Å². The molecule has 1 aromatic heterocycles. The fraction of sp³-hybridized carbons (Fsp3) is 0.375. The molecule has 0 saturated heterocycles. The number of carbonyl (C=O) groups is 1. The molecule has 1 N–H and O–H groups in total. The van der Waals surface area contributed by atoms with E-state index in [2.05, 4.69) is 27.8 Å². The number of aromatic nitrogens is 1. The zero-order valence-electron chi connectivity index (χ0n) is 12.7. The molecule has 1 aromatic carbocycles. The standard InChI is InChI=1S/C16H16BrNO4S/c1-3-8-5-4-6-10-11(8)12-13(23-15(18-12)16(19)20)9(7-21-2)14(17)22-10/h4-6,9,14H,3,7H2,1-2H3,(H,19,20). The van der Waals surface area contributed by atoms with Crippen LogP contribution in [0.25, 0.3) is 11.3 Å². The van der Waals surface area contributed by atoms with Crippen molar-refractivity contribution in [2.75, 3.05) is 13.7 Å². The van der Waals surface area contributed by atoms with Gasteiger partial charge in [-0.05, 0) is 34.0 Å². The van der Waals surface area contributed by atoms with E-state index in [0.29, 0.717) is 18.1 Å². The Morgan fingerprint density at radius 2 is 2.30 bits per heavy atom. The SMILES string of the molecule is CCc1cccc2c1-c1nc(C(=O)O)sc1C(COC)C(Br)O2. The van der Waals surface area contributed by atoms with Crippen LogP contribution in [0.3, 0.4) is 0 Å². The molecule has 0 bridgehead atoms. The summed E-state index contributed by atoms with van der Waals surface area (Å²) < 4.78 is 11.4. The van der Waals surface area contributed by atoms with Gasteiger partial charge in [0.2, 0.25) is 5.01 Å². The van der Waals surface area contributed by atoms with Crippen molar-refractivity contribution in [1.82, 2.24) is 4.98 Å². The maximum atomic E-state index is 11.4. The zero-order valence-corrected chi connectivity index (χ0v) is 15.1. The lowest BCUT2D eigenvalue weighted by atomic mass is 9.98. The van der Waals surface area contributed by atoms with Crippen LogP contribution in [0.5, 0.6) is 5.75 Å². The summed E-state index contributed by atoms with van der Waals surface area (Å²) in [4.78, 5) is 16.7. The van der Waals surface area contributed by atoms with E-state index in [-0.39, 0.29) is 15.9 Å². The number of benzene rings is 1. The van der Waals surface area contributed by atoms with Crippen LogP contribution in [0.15, 0.2) is 18.2 Å². The van der Waals surface area contributed by atoms with Crippen molar-refractivity contribution < 1.29 is 19.4 Å². The predicted molar refractivity (Wildman–Crippen MR) is 91.8 cm³/mol. The molecule has 0 amide bonds. The highest BCUT2D eigenvalue weighted by Crippen LogP contribution is 2.46. The van der Waals surface area contributed by atoms with Crippen molar-refractivity contribution in [2.45, 2.75) is 24.3 Å². The number of hydrogen-bond acceptors (Lipinski definition) is 5. The number of aromatic carboxylic acids is 1. The van der Waals surface area contributed by atoms with Crippen LogP contribution in [0.4, 0.5) is 0 Å². The molecule has 0 saturated carbocycles. The number of methoxy groups -OCH3 is 1. The third-order valence-corrected chi connectivity index (χ3v) is 5.81. The lowest BCUT2D eigenvalue weighted by Gasteiger charge is -2.19. The Kier molecular flexibility index (Phi) is 4.70. The van der Waals surface area contributed by atoms with Crippen LogP contribution >= 0.6 is 27.3 Å². The Bertz CT molecular complexity index is 746. The highest BCUT2D eigenvalue weighted by atomic mass is 79.9. The number of fused-ring (bicyclic) bond motifs is 3. The van der Waals surface area contributed by atoms with E-state index >= 15 is 0 Å². The number of carboxylic acid groups (broad SMARTS) is 1. The number of carboxylic acids is 1. The van der Waals surface area contributed by atoms with Crippen molar-refractivity contribution in [3.8, 4) is 17.0 Å². The molecule has 7 heteroatoms. The van der Waals surface area contributed by atoms with Crippen LogP contribution < -0.4 is 4.74 Å². The molecule has 2 heterocycles. The minimum atomic E-state index is -1.01. The van der Waals surface area contributed by atoms with E-state index in [1.54, 1.807) is 7.11 Å². The van der Waals surface area contributed by atoms with E-state index in [4.69, 9.17) is 9.47 Å². The molecule has 122 valence electrons. The molecule has 23 heavy (non-hydrogen) atoms. The predicted octanol–water partition coefficient (Wildman–Crippen LogP) is 3.91. The Hall–Kier alpha value is -1.44. The van der Waals surface area contributed by atoms with Crippen molar-refractivity contribution in [1.29, 1.82) is 0 Å². The summed E-state index contributed by atoms with van der Waals surface area (Å²) >= 11 is 4.76. The number of alkyl halides is 1. The Morgan fingerprint density at radius 1 is 1.52 bits per heavy atom. The van der Waals surface area contributed by atoms with Crippen LogP contribution in [0.1, 0.15) is 33.1 Å². The average molecular weight is 398 g/mol. The minimum absolute atomic E-state index is 0.0922. The topological polar surface area (TPSA) is 68.7 Å². The number of aryl methyl sites for hydroxylation is 1. The number of halogens is 1. The fourth-order valence-corrected chi connectivity index (χ4v) is 4.56. The molecule has 2 aromatic rings. The van der Waals surface area contributed by atoms with Gasteiger partial charge in [-0.2, -0.15) is 0 Å². The van der Waals surface area contributed by atoms with Crippen LogP contribution in [-0.2, 0) is 11.2 Å². The fourth-order valence-electron chi connectivity index (χ4n) is 2.75.